The highest BCUT2D eigenvalue weighted by Crippen LogP contribution is 2.39. The Bertz CT molecular complexity index is 1230. The van der Waals surface area contributed by atoms with Crippen molar-refractivity contribution in [3.8, 4) is 0 Å². The second-order valence-electron chi connectivity index (χ2n) is 11.0. The maximum Gasteiger partial charge on any atom is 0.338 e. The Kier molecular flexibility index (Phi) is 8.06. The molecule has 8 heteroatoms. The number of nitrogens with zero attached hydrogens (tertiary/aromatic N) is 1. The van der Waals surface area contributed by atoms with E-state index in [0.717, 1.165) is 10.4 Å². The Morgan fingerprint density at radius 1 is 0.974 bits per heavy atom. The van der Waals surface area contributed by atoms with Gasteiger partial charge in [0.1, 0.15) is 0 Å². The molecule has 0 spiro atoms. The van der Waals surface area contributed by atoms with Gasteiger partial charge < -0.3 is 19.2 Å². The predicted molar refractivity (Wildman–Crippen MR) is 148 cm³/mol. The Labute approximate surface area is 224 Å². The summed E-state index contributed by atoms with van der Waals surface area (Å²) in [6.07, 6.45) is -0.406. The van der Waals surface area contributed by atoms with E-state index in [-0.39, 0.29) is 29.5 Å². The molecule has 0 amide bonds. The van der Waals surface area contributed by atoms with E-state index in [0.29, 0.717) is 18.7 Å². The Morgan fingerprint density at radius 2 is 1.47 bits per heavy atom. The molecule has 1 aliphatic heterocycles. The lowest BCUT2D eigenvalue weighted by molar-refractivity contribution is -0.00554. The largest absolute Gasteiger partial charge is 0.478 e. The van der Waals surface area contributed by atoms with Gasteiger partial charge in [0.15, 0.2) is 11.6 Å². The minimum Gasteiger partial charge on any atom is -0.478 e. The van der Waals surface area contributed by atoms with Gasteiger partial charge in [-0.15, -0.1) is 0 Å². The summed E-state index contributed by atoms with van der Waals surface area (Å²) in [6, 6.07) is 21.2. The summed E-state index contributed by atoms with van der Waals surface area (Å²) in [5.41, 5.74) is -0.371. The lowest BCUT2D eigenvalue weighted by atomic mass is 10.0. The monoisotopic (exact) mass is 539 g/mol. The number of benzene rings is 3. The van der Waals surface area contributed by atoms with E-state index >= 15 is 4.39 Å². The maximum absolute atomic E-state index is 15.7. The standard InChI is InChI=1S/C30H35F2NO4Si/c1-20-17-33(18-21(2)37-20)28-22(16-25(29(34)35)26(31)27(28)32)19-36-38(30(3,4)5,23-12-8-6-9-13-23)24-14-10-7-11-15-24/h6-16,20-21H,17-19H2,1-5H3,(H,34,35)/t20-,21+. The van der Waals surface area contributed by atoms with E-state index < -0.39 is 31.5 Å². The number of carboxylic acid groups (broad SMARTS) is 1. The first kappa shape index (κ1) is 27.9. The summed E-state index contributed by atoms with van der Waals surface area (Å²) in [5.74, 6) is -4.07. The molecule has 3 aromatic rings. The molecule has 0 aliphatic carbocycles. The molecular weight excluding hydrogens is 504 g/mol. The number of carbonyl (C=O) groups is 1. The van der Waals surface area contributed by atoms with E-state index in [4.69, 9.17) is 9.16 Å². The van der Waals surface area contributed by atoms with Crippen LogP contribution in [-0.2, 0) is 15.8 Å². The zero-order valence-electron chi connectivity index (χ0n) is 22.5. The van der Waals surface area contributed by atoms with E-state index in [1.807, 2.05) is 74.5 Å². The van der Waals surface area contributed by atoms with Crippen LogP contribution in [0.4, 0.5) is 14.5 Å². The minimum atomic E-state index is -3.01. The van der Waals surface area contributed by atoms with Crippen LogP contribution in [-0.4, -0.2) is 44.7 Å². The van der Waals surface area contributed by atoms with Crippen molar-refractivity contribution in [2.75, 3.05) is 18.0 Å². The lowest BCUT2D eigenvalue weighted by Crippen LogP contribution is -2.66. The van der Waals surface area contributed by atoms with Gasteiger partial charge in [-0.2, -0.15) is 0 Å². The van der Waals surface area contributed by atoms with Crippen molar-refractivity contribution < 1.29 is 27.8 Å². The van der Waals surface area contributed by atoms with Gasteiger partial charge in [-0.1, -0.05) is 81.4 Å². The van der Waals surface area contributed by atoms with E-state index in [9.17, 15) is 14.3 Å². The minimum absolute atomic E-state index is 0.0347. The van der Waals surface area contributed by atoms with E-state index in [2.05, 4.69) is 20.8 Å². The molecule has 0 radical (unpaired) electrons. The molecule has 1 N–H and O–H groups in total. The summed E-state index contributed by atoms with van der Waals surface area (Å²) >= 11 is 0. The molecule has 1 heterocycles. The lowest BCUT2D eigenvalue weighted by Gasteiger charge is -2.43. The van der Waals surface area contributed by atoms with Crippen LogP contribution in [0.5, 0.6) is 0 Å². The first-order chi connectivity index (χ1) is 18.0. The highest BCUT2D eigenvalue weighted by Gasteiger charge is 2.50. The van der Waals surface area contributed by atoms with Gasteiger partial charge in [0.25, 0.3) is 8.32 Å². The van der Waals surface area contributed by atoms with Crippen LogP contribution in [0.2, 0.25) is 5.04 Å². The Hall–Kier alpha value is -3.07. The number of aromatic carboxylic acids is 1. The van der Waals surface area contributed by atoms with Crippen molar-refractivity contribution in [2.24, 2.45) is 0 Å². The molecule has 0 bridgehead atoms. The van der Waals surface area contributed by atoms with Crippen molar-refractivity contribution in [1.82, 2.24) is 0 Å². The summed E-state index contributed by atoms with van der Waals surface area (Å²) < 4.78 is 43.4. The van der Waals surface area contributed by atoms with Crippen molar-refractivity contribution >= 4 is 30.3 Å². The predicted octanol–water partition coefficient (Wildman–Crippen LogP) is 5.35. The number of halogens is 2. The molecule has 38 heavy (non-hydrogen) atoms. The highest BCUT2D eigenvalue weighted by atomic mass is 28.4. The Balaban J connectivity index is 1.88. The molecular formula is C30H35F2NO4Si. The molecule has 0 aromatic heterocycles. The number of hydrogen-bond donors (Lipinski definition) is 1. The SMILES string of the molecule is C[C@@H]1CN(c2c(CO[Si](c3ccccc3)(c3ccccc3)C(C)(C)C)cc(C(=O)O)c(F)c2F)C[C@H](C)O1. The van der Waals surface area contributed by atoms with Crippen LogP contribution in [0.15, 0.2) is 66.7 Å². The molecule has 0 unspecified atom stereocenters. The molecule has 0 saturated carbocycles. The number of anilines is 1. The van der Waals surface area contributed by atoms with Crippen LogP contribution in [0.3, 0.4) is 0 Å². The van der Waals surface area contributed by atoms with Gasteiger partial charge >= 0.3 is 5.97 Å². The fourth-order valence-corrected chi connectivity index (χ4v) is 10.1. The zero-order valence-corrected chi connectivity index (χ0v) is 23.5. The first-order valence-corrected chi connectivity index (χ1v) is 14.8. The number of ether oxygens (including phenoxy) is 1. The highest BCUT2D eigenvalue weighted by molar-refractivity contribution is 6.99. The third-order valence-electron chi connectivity index (χ3n) is 7.09. The second-order valence-corrected chi connectivity index (χ2v) is 15.3. The number of morpholine rings is 1. The zero-order chi connectivity index (χ0) is 27.7. The number of hydrogen-bond acceptors (Lipinski definition) is 4. The fraction of sp³-hybridized carbons (Fsp3) is 0.367. The van der Waals surface area contributed by atoms with Gasteiger partial charge in [0, 0.05) is 18.7 Å². The van der Waals surface area contributed by atoms with Crippen molar-refractivity contribution in [3.63, 3.8) is 0 Å². The summed E-state index contributed by atoms with van der Waals surface area (Å²) in [7, 11) is -3.01. The molecule has 1 fully saturated rings. The third kappa shape index (κ3) is 5.25. The Morgan fingerprint density at radius 3 is 1.92 bits per heavy atom. The molecule has 1 aliphatic rings. The number of rotatable bonds is 7. The molecule has 202 valence electrons. The van der Waals surface area contributed by atoms with Crippen molar-refractivity contribution in [3.05, 3.63) is 89.5 Å². The second kappa shape index (κ2) is 11.0. The fourth-order valence-electron chi connectivity index (χ4n) is 5.58. The quantitative estimate of drug-likeness (QED) is 0.410. The van der Waals surface area contributed by atoms with Crippen LogP contribution in [0.1, 0.15) is 50.5 Å². The molecule has 5 nitrogen and oxygen atoms in total. The van der Waals surface area contributed by atoms with Crippen molar-refractivity contribution in [2.45, 2.75) is 58.5 Å². The van der Waals surface area contributed by atoms with Gasteiger partial charge in [-0.3, -0.25) is 0 Å². The first-order valence-electron chi connectivity index (χ1n) is 12.8. The van der Waals surface area contributed by atoms with Crippen LogP contribution < -0.4 is 15.3 Å². The number of carboxylic acids is 1. The van der Waals surface area contributed by atoms with Crippen LogP contribution in [0, 0.1) is 11.6 Å². The molecule has 2 atom stereocenters. The summed E-state index contributed by atoms with van der Waals surface area (Å²) in [5, 5.41) is 11.4. The molecule has 4 rings (SSSR count). The smallest absolute Gasteiger partial charge is 0.338 e. The average Bonchev–Trinajstić information content (AvgIpc) is 2.86. The van der Waals surface area contributed by atoms with Crippen LogP contribution in [0.25, 0.3) is 0 Å². The van der Waals surface area contributed by atoms with E-state index in [1.165, 1.54) is 6.07 Å². The normalized spacial score (nSPS) is 18.4. The van der Waals surface area contributed by atoms with Crippen molar-refractivity contribution in [1.29, 1.82) is 0 Å². The van der Waals surface area contributed by atoms with Gasteiger partial charge in [0.05, 0.1) is 30.1 Å². The summed E-state index contributed by atoms with van der Waals surface area (Å²) in [4.78, 5) is 13.6. The molecule has 1 saturated heterocycles. The molecule has 3 aromatic carbocycles. The van der Waals surface area contributed by atoms with E-state index in [1.54, 1.807) is 4.90 Å². The van der Waals surface area contributed by atoms with Gasteiger partial charge in [0.2, 0.25) is 0 Å². The average molecular weight is 540 g/mol. The van der Waals surface area contributed by atoms with Gasteiger partial charge in [-0.05, 0) is 35.3 Å². The third-order valence-corrected chi connectivity index (χ3v) is 12.1. The maximum atomic E-state index is 15.7. The van der Waals surface area contributed by atoms with Gasteiger partial charge in [-0.25, -0.2) is 13.6 Å². The van der Waals surface area contributed by atoms with Crippen LogP contribution >= 0.6 is 0 Å². The summed E-state index contributed by atoms with van der Waals surface area (Å²) in [6.45, 7) is 10.7. The topological polar surface area (TPSA) is 59.0 Å².